The van der Waals surface area contributed by atoms with Crippen molar-refractivity contribution in [3.8, 4) is 0 Å². The molecule has 0 saturated carbocycles. The first-order valence-electron chi connectivity index (χ1n) is 3.43. The molecule has 0 aliphatic carbocycles. The molecule has 0 unspecified atom stereocenters. The van der Waals surface area contributed by atoms with Gasteiger partial charge in [0.15, 0.2) is 0 Å². The highest BCUT2D eigenvalue weighted by molar-refractivity contribution is 5.90. The van der Waals surface area contributed by atoms with Crippen LogP contribution in [0.1, 0.15) is 10.4 Å². The highest BCUT2D eigenvalue weighted by Gasteiger charge is 2.03. The molecule has 68 valence electrons. The Morgan fingerprint density at radius 1 is 1.23 bits per heavy atom. The third-order valence-electron chi connectivity index (χ3n) is 1.36. The van der Waals surface area contributed by atoms with Gasteiger partial charge in [0, 0.05) is 5.69 Å². The first kappa shape index (κ1) is 9.05. The highest BCUT2D eigenvalue weighted by Crippen LogP contribution is 2.10. The lowest BCUT2D eigenvalue weighted by atomic mass is 10.2. The van der Waals surface area contributed by atoms with Crippen LogP contribution >= 0.6 is 0 Å². The summed E-state index contributed by atoms with van der Waals surface area (Å²) in [6.07, 6.45) is -1.22. The van der Waals surface area contributed by atoms with Gasteiger partial charge in [0.1, 0.15) is 0 Å². The van der Waals surface area contributed by atoms with Gasteiger partial charge in [-0.1, -0.05) is 6.07 Å². The predicted molar refractivity (Wildman–Crippen MR) is 45.0 cm³/mol. The van der Waals surface area contributed by atoms with Crippen molar-refractivity contribution in [2.24, 2.45) is 0 Å². The maximum atomic E-state index is 10.5. The molecule has 0 radical (unpaired) electrons. The molecule has 0 heterocycles. The van der Waals surface area contributed by atoms with Crippen LogP contribution in [0.2, 0.25) is 0 Å². The number of anilines is 1. The van der Waals surface area contributed by atoms with Gasteiger partial charge in [-0.05, 0) is 18.2 Å². The van der Waals surface area contributed by atoms with Crippen LogP contribution in [-0.4, -0.2) is 22.3 Å². The number of hydrogen-bond acceptors (Lipinski definition) is 2. The van der Waals surface area contributed by atoms with Crippen LogP contribution in [0.15, 0.2) is 24.3 Å². The maximum Gasteiger partial charge on any atom is 0.409 e. The lowest BCUT2D eigenvalue weighted by Gasteiger charge is -2.00. The van der Waals surface area contributed by atoms with Gasteiger partial charge in [-0.15, -0.1) is 0 Å². The van der Waals surface area contributed by atoms with Gasteiger partial charge in [0.2, 0.25) is 0 Å². The van der Waals surface area contributed by atoms with Crippen molar-refractivity contribution < 1.29 is 19.8 Å². The normalized spacial score (nSPS) is 9.23. The minimum absolute atomic E-state index is 0.0475. The average molecular weight is 181 g/mol. The molecular weight excluding hydrogens is 174 g/mol. The van der Waals surface area contributed by atoms with Crippen molar-refractivity contribution in [1.82, 2.24) is 0 Å². The Hall–Kier alpha value is -2.04. The van der Waals surface area contributed by atoms with E-state index in [1.807, 2.05) is 0 Å². The van der Waals surface area contributed by atoms with Crippen LogP contribution in [0, 0.1) is 0 Å². The summed E-state index contributed by atoms with van der Waals surface area (Å²) in [7, 11) is 0. The van der Waals surface area contributed by atoms with Crippen LogP contribution in [-0.2, 0) is 0 Å². The lowest BCUT2D eigenvalue weighted by molar-refractivity contribution is 0.0697. The minimum atomic E-state index is -1.22. The molecule has 13 heavy (non-hydrogen) atoms. The molecule has 0 aliphatic heterocycles. The Labute approximate surface area is 73.6 Å². The van der Waals surface area contributed by atoms with Gasteiger partial charge in [0.25, 0.3) is 0 Å². The molecule has 0 bridgehead atoms. The fraction of sp³-hybridized carbons (Fsp3) is 0. The Morgan fingerprint density at radius 2 is 1.92 bits per heavy atom. The van der Waals surface area contributed by atoms with Gasteiger partial charge in [0.05, 0.1) is 5.56 Å². The number of amides is 1. The third kappa shape index (κ3) is 2.48. The fourth-order valence-electron chi connectivity index (χ4n) is 0.853. The van der Waals surface area contributed by atoms with Crippen molar-refractivity contribution >= 4 is 17.7 Å². The standard InChI is InChI=1S/C8H7NO4/c10-7(11)5-2-1-3-6(4-5)9-8(12)13/h1-4,9H,(H,10,11)(H,12,13). The van der Waals surface area contributed by atoms with E-state index in [0.717, 1.165) is 0 Å². The molecule has 0 saturated heterocycles. The number of hydrogen-bond donors (Lipinski definition) is 3. The van der Waals surface area contributed by atoms with E-state index in [1.54, 1.807) is 0 Å². The molecule has 0 aromatic heterocycles. The predicted octanol–water partition coefficient (Wildman–Crippen LogP) is 1.47. The molecule has 5 heteroatoms. The summed E-state index contributed by atoms with van der Waals surface area (Å²) >= 11 is 0. The zero-order valence-corrected chi connectivity index (χ0v) is 6.52. The topological polar surface area (TPSA) is 86.6 Å². The summed E-state index contributed by atoms with van der Waals surface area (Å²) in [4.78, 5) is 20.7. The summed E-state index contributed by atoms with van der Waals surface area (Å²) in [6, 6.07) is 5.57. The van der Waals surface area contributed by atoms with E-state index in [4.69, 9.17) is 10.2 Å². The second-order valence-corrected chi connectivity index (χ2v) is 2.32. The number of rotatable bonds is 2. The number of nitrogens with one attached hydrogen (secondary N) is 1. The maximum absolute atomic E-state index is 10.5. The molecular formula is C8H7NO4. The second kappa shape index (κ2) is 3.57. The Bertz CT molecular complexity index is 348. The van der Waals surface area contributed by atoms with Crippen molar-refractivity contribution in [1.29, 1.82) is 0 Å². The third-order valence-corrected chi connectivity index (χ3v) is 1.36. The molecule has 5 nitrogen and oxygen atoms in total. The van der Waals surface area contributed by atoms with Crippen molar-refractivity contribution in [2.75, 3.05) is 5.32 Å². The van der Waals surface area contributed by atoms with Crippen molar-refractivity contribution in [3.05, 3.63) is 29.8 Å². The molecule has 0 atom stereocenters. The van der Waals surface area contributed by atoms with E-state index in [0.29, 0.717) is 0 Å². The highest BCUT2D eigenvalue weighted by atomic mass is 16.4. The van der Waals surface area contributed by atoms with Crippen molar-refractivity contribution in [2.45, 2.75) is 0 Å². The number of carboxylic acid groups (broad SMARTS) is 2. The molecule has 1 aromatic carbocycles. The number of aromatic carboxylic acids is 1. The molecule has 1 amide bonds. The molecule has 3 N–H and O–H groups in total. The summed E-state index contributed by atoms with van der Waals surface area (Å²) in [6.45, 7) is 0. The fourth-order valence-corrected chi connectivity index (χ4v) is 0.853. The monoisotopic (exact) mass is 181 g/mol. The Kier molecular flexibility index (Phi) is 2.49. The van der Waals surface area contributed by atoms with E-state index in [2.05, 4.69) is 5.32 Å². The Morgan fingerprint density at radius 3 is 2.46 bits per heavy atom. The smallest absolute Gasteiger partial charge is 0.409 e. The van der Waals surface area contributed by atoms with Crippen LogP contribution in [0.3, 0.4) is 0 Å². The summed E-state index contributed by atoms with van der Waals surface area (Å²) in [5, 5.41) is 19.0. The summed E-state index contributed by atoms with van der Waals surface area (Å²) in [5.74, 6) is -1.09. The van der Waals surface area contributed by atoms with Crippen molar-refractivity contribution in [3.63, 3.8) is 0 Å². The zero-order chi connectivity index (χ0) is 9.84. The molecule has 0 fully saturated rings. The largest absolute Gasteiger partial charge is 0.478 e. The van der Waals surface area contributed by atoms with E-state index in [-0.39, 0.29) is 11.3 Å². The molecule has 1 aromatic rings. The first-order valence-corrected chi connectivity index (χ1v) is 3.43. The second-order valence-electron chi connectivity index (χ2n) is 2.32. The van der Waals surface area contributed by atoms with E-state index in [9.17, 15) is 9.59 Å². The molecule has 0 spiro atoms. The van der Waals surface area contributed by atoms with Crippen LogP contribution < -0.4 is 5.32 Å². The molecule has 0 aliphatic rings. The van der Waals surface area contributed by atoms with Gasteiger partial charge in [-0.3, -0.25) is 5.32 Å². The average Bonchev–Trinajstić information content (AvgIpc) is 2.03. The van der Waals surface area contributed by atoms with E-state index >= 15 is 0 Å². The SMILES string of the molecule is O=C(O)Nc1cccc(C(=O)O)c1. The van der Waals surface area contributed by atoms with Gasteiger partial charge >= 0.3 is 12.1 Å². The quantitative estimate of drug-likeness (QED) is 0.644. The minimum Gasteiger partial charge on any atom is -0.478 e. The number of benzene rings is 1. The van der Waals surface area contributed by atoms with Gasteiger partial charge in [-0.25, -0.2) is 9.59 Å². The van der Waals surface area contributed by atoms with Crippen LogP contribution in [0.25, 0.3) is 0 Å². The number of carbonyl (C=O) groups is 2. The summed E-state index contributed by atoms with van der Waals surface area (Å²) in [5.41, 5.74) is 0.290. The first-order chi connectivity index (χ1) is 6.09. The van der Waals surface area contributed by atoms with Gasteiger partial charge < -0.3 is 10.2 Å². The molecule has 1 rings (SSSR count). The van der Waals surface area contributed by atoms with E-state index in [1.165, 1.54) is 24.3 Å². The van der Waals surface area contributed by atoms with Crippen LogP contribution in [0.4, 0.5) is 10.5 Å². The number of carboxylic acids is 1. The van der Waals surface area contributed by atoms with E-state index < -0.39 is 12.1 Å². The Balaban J connectivity index is 2.91. The van der Waals surface area contributed by atoms with Gasteiger partial charge in [-0.2, -0.15) is 0 Å². The lowest BCUT2D eigenvalue weighted by Crippen LogP contribution is -2.08. The summed E-state index contributed by atoms with van der Waals surface area (Å²) < 4.78 is 0. The van der Waals surface area contributed by atoms with Crippen LogP contribution in [0.5, 0.6) is 0 Å². The zero-order valence-electron chi connectivity index (χ0n) is 6.52.